The topological polar surface area (TPSA) is 63.7 Å². The van der Waals surface area contributed by atoms with E-state index in [9.17, 15) is 4.79 Å². The Bertz CT molecular complexity index is 674. The van der Waals surface area contributed by atoms with Crippen LogP contribution in [0.25, 0.3) is 0 Å². The number of piperazine rings is 2. The molecule has 0 radical (unpaired) electrons. The molecule has 0 atom stereocenters. The third kappa shape index (κ3) is 8.12. The summed E-state index contributed by atoms with van der Waals surface area (Å²) in [6.07, 6.45) is -0.216. The molecule has 1 N–H and O–H groups in total. The molecule has 31 heavy (non-hydrogen) atoms. The highest BCUT2D eigenvalue weighted by Crippen LogP contribution is 2.08. The standard InChI is InChI=1S/C22H36N6O2.HI/c1-3-30-22(29)28-17-15-27(16-18-28)21(23-2)24-9-10-25-11-13-26(14-12-25)19-20-7-5-4-6-8-20;/h4-8H,3,9-19H2,1-2H3,(H,23,24);1H. The minimum Gasteiger partial charge on any atom is -0.450 e. The number of amides is 1. The number of nitrogens with zero attached hydrogens (tertiary/aromatic N) is 5. The molecule has 1 amide bonds. The summed E-state index contributed by atoms with van der Waals surface area (Å²) < 4.78 is 5.09. The average molecular weight is 544 g/mol. The van der Waals surface area contributed by atoms with Crippen LogP contribution in [-0.2, 0) is 11.3 Å². The van der Waals surface area contributed by atoms with E-state index < -0.39 is 0 Å². The molecule has 0 aliphatic carbocycles. The molecule has 0 aromatic heterocycles. The first-order chi connectivity index (χ1) is 14.7. The fourth-order valence-corrected chi connectivity index (χ4v) is 3.99. The number of halogens is 1. The molecule has 2 heterocycles. The lowest BCUT2D eigenvalue weighted by atomic mass is 10.2. The number of guanidine groups is 1. The van der Waals surface area contributed by atoms with Crippen LogP contribution in [0.2, 0.25) is 0 Å². The number of rotatable bonds is 6. The van der Waals surface area contributed by atoms with Crippen LogP contribution in [0, 0.1) is 0 Å². The second kappa shape index (κ2) is 13.7. The van der Waals surface area contributed by atoms with Gasteiger partial charge < -0.3 is 19.9 Å². The molecule has 1 aromatic carbocycles. The summed E-state index contributed by atoms with van der Waals surface area (Å²) in [5.74, 6) is 0.918. The maximum Gasteiger partial charge on any atom is 0.409 e. The Balaban J connectivity index is 0.00000341. The van der Waals surface area contributed by atoms with Gasteiger partial charge in [-0.1, -0.05) is 30.3 Å². The van der Waals surface area contributed by atoms with Gasteiger partial charge in [-0.2, -0.15) is 0 Å². The minimum atomic E-state index is -0.216. The molecule has 174 valence electrons. The number of hydrogen-bond acceptors (Lipinski definition) is 5. The van der Waals surface area contributed by atoms with Crippen LogP contribution in [-0.4, -0.2) is 111 Å². The first kappa shape index (κ1) is 25.7. The Morgan fingerprint density at radius 1 is 0.968 bits per heavy atom. The number of aliphatic imine (C=N–C) groups is 1. The molecule has 0 unspecified atom stereocenters. The van der Waals surface area contributed by atoms with Crippen molar-refractivity contribution in [2.24, 2.45) is 4.99 Å². The molecule has 0 spiro atoms. The van der Waals surface area contributed by atoms with Crippen LogP contribution in [0.4, 0.5) is 4.79 Å². The highest BCUT2D eigenvalue weighted by Gasteiger charge is 2.24. The van der Waals surface area contributed by atoms with E-state index in [1.165, 1.54) is 5.56 Å². The molecular formula is C22H37IN6O2. The monoisotopic (exact) mass is 544 g/mol. The van der Waals surface area contributed by atoms with Crippen LogP contribution in [0.1, 0.15) is 12.5 Å². The highest BCUT2D eigenvalue weighted by atomic mass is 127. The molecule has 2 saturated heterocycles. The number of benzene rings is 1. The average Bonchev–Trinajstić information content (AvgIpc) is 2.79. The van der Waals surface area contributed by atoms with Crippen LogP contribution in [0.15, 0.2) is 35.3 Å². The van der Waals surface area contributed by atoms with E-state index in [1.54, 1.807) is 4.90 Å². The maximum atomic E-state index is 11.8. The molecule has 0 bridgehead atoms. The Labute approximate surface area is 203 Å². The summed E-state index contributed by atoms with van der Waals surface area (Å²) in [6.45, 7) is 12.5. The molecule has 8 nitrogen and oxygen atoms in total. The van der Waals surface area contributed by atoms with E-state index >= 15 is 0 Å². The van der Waals surface area contributed by atoms with Crippen molar-refractivity contribution in [1.29, 1.82) is 0 Å². The molecule has 2 aliphatic heterocycles. The van der Waals surface area contributed by atoms with Crippen molar-refractivity contribution in [3.8, 4) is 0 Å². The van der Waals surface area contributed by atoms with Crippen LogP contribution < -0.4 is 5.32 Å². The number of carbonyl (C=O) groups is 1. The predicted octanol–water partition coefficient (Wildman–Crippen LogP) is 1.77. The second-order valence-corrected chi connectivity index (χ2v) is 7.75. The zero-order valence-electron chi connectivity index (χ0n) is 18.8. The summed E-state index contributed by atoms with van der Waals surface area (Å²) >= 11 is 0. The molecule has 2 fully saturated rings. The van der Waals surface area contributed by atoms with Gasteiger partial charge in [-0.15, -0.1) is 24.0 Å². The summed E-state index contributed by atoms with van der Waals surface area (Å²) in [7, 11) is 1.82. The predicted molar refractivity (Wildman–Crippen MR) is 135 cm³/mol. The fraction of sp³-hybridized carbons (Fsp3) is 0.636. The van der Waals surface area contributed by atoms with Crippen LogP contribution in [0.5, 0.6) is 0 Å². The number of ether oxygens (including phenoxy) is 1. The molecule has 9 heteroatoms. The van der Waals surface area contributed by atoms with Crippen molar-refractivity contribution in [3.63, 3.8) is 0 Å². The van der Waals surface area contributed by atoms with E-state index in [1.807, 2.05) is 14.0 Å². The lowest BCUT2D eigenvalue weighted by Crippen LogP contribution is -2.55. The minimum absolute atomic E-state index is 0. The van der Waals surface area contributed by atoms with E-state index in [2.05, 4.69) is 55.3 Å². The lowest BCUT2D eigenvalue weighted by Gasteiger charge is -2.37. The number of hydrogen-bond donors (Lipinski definition) is 1. The van der Waals surface area contributed by atoms with E-state index in [4.69, 9.17) is 4.74 Å². The zero-order valence-corrected chi connectivity index (χ0v) is 21.2. The Hall–Kier alpha value is -1.59. The van der Waals surface area contributed by atoms with Gasteiger partial charge in [0, 0.05) is 79.0 Å². The lowest BCUT2D eigenvalue weighted by molar-refractivity contribution is 0.0913. The number of carbonyl (C=O) groups excluding carboxylic acids is 1. The molecule has 1 aromatic rings. The third-order valence-electron chi connectivity index (χ3n) is 5.74. The van der Waals surface area contributed by atoms with Crippen molar-refractivity contribution >= 4 is 36.0 Å². The van der Waals surface area contributed by atoms with E-state index in [0.29, 0.717) is 19.7 Å². The van der Waals surface area contributed by atoms with Gasteiger partial charge in [-0.05, 0) is 12.5 Å². The van der Waals surface area contributed by atoms with Gasteiger partial charge in [0.25, 0.3) is 0 Å². The highest BCUT2D eigenvalue weighted by molar-refractivity contribution is 14.0. The summed E-state index contributed by atoms with van der Waals surface area (Å²) in [5, 5.41) is 3.49. The van der Waals surface area contributed by atoms with Crippen molar-refractivity contribution in [2.75, 3.05) is 79.1 Å². The largest absolute Gasteiger partial charge is 0.450 e. The van der Waals surface area contributed by atoms with Crippen molar-refractivity contribution in [1.82, 2.24) is 24.9 Å². The number of nitrogens with one attached hydrogen (secondary N) is 1. The Morgan fingerprint density at radius 2 is 1.58 bits per heavy atom. The van der Waals surface area contributed by atoms with Gasteiger partial charge in [0.2, 0.25) is 0 Å². The smallest absolute Gasteiger partial charge is 0.409 e. The first-order valence-corrected chi connectivity index (χ1v) is 11.1. The Morgan fingerprint density at radius 3 is 2.19 bits per heavy atom. The van der Waals surface area contributed by atoms with Gasteiger partial charge in [0.15, 0.2) is 5.96 Å². The summed E-state index contributed by atoms with van der Waals surface area (Å²) in [4.78, 5) is 25.3. The van der Waals surface area contributed by atoms with Gasteiger partial charge in [-0.3, -0.25) is 14.8 Å². The van der Waals surface area contributed by atoms with E-state index in [0.717, 1.165) is 64.9 Å². The van der Waals surface area contributed by atoms with Gasteiger partial charge >= 0.3 is 6.09 Å². The summed E-state index contributed by atoms with van der Waals surface area (Å²) in [5.41, 5.74) is 1.39. The molecular weight excluding hydrogens is 507 g/mol. The van der Waals surface area contributed by atoms with Crippen molar-refractivity contribution in [2.45, 2.75) is 13.5 Å². The fourth-order valence-electron chi connectivity index (χ4n) is 3.99. The quantitative estimate of drug-likeness (QED) is 0.335. The van der Waals surface area contributed by atoms with Gasteiger partial charge in [0.1, 0.15) is 0 Å². The normalized spacial score (nSPS) is 18.5. The third-order valence-corrected chi connectivity index (χ3v) is 5.74. The van der Waals surface area contributed by atoms with E-state index in [-0.39, 0.29) is 30.1 Å². The Kier molecular flexibility index (Phi) is 11.4. The maximum absolute atomic E-state index is 11.8. The molecule has 0 saturated carbocycles. The first-order valence-electron chi connectivity index (χ1n) is 11.1. The van der Waals surface area contributed by atoms with Crippen molar-refractivity contribution < 1.29 is 9.53 Å². The van der Waals surface area contributed by atoms with Gasteiger partial charge in [0.05, 0.1) is 6.61 Å². The van der Waals surface area contributed by atoms with Gasteiger partial charge in [-0.25, -0.2) is 4.79 Å². The van der Waals surface area contributed by atoms with Crippen LogP contribution in [0.3, 0.4) is 0 Å². The zero-order chi connectivity index (χ0) is 21.2. The summed E-state index contributed by atoms with van der Waals surface area (Å²) in [6, 6.07) is 10.7. The SMILES string of the molecule is CCOC(=O)N1CCN(C(=NC)NCCN2CCN(Cc3ccccc3)CC2)CC1.I. The molecule has 3 rings (SSSR count). The molecule has 2 aliphatic rings. The van der Waals surface area contributed by atoms with Crippen molar-refractivity contribution in [3.05, 3.63) is 35.9 Å². The van der Waals surface area contributed by atoms with Crippen LogP contribution >= 0.6 is 24.0 Å². The second-order valence-electron chi connectivity index (χ2n) is 7.75.